The summed E-state index contributed by atoms with van der Waals surface area (Å²) in [5.41, 5.74) is 18.2. The largest absolute Gasteiger partial charge is 0.334 e. The fourth-order valence-electron chi connectivity index (χ4n) is 13.2. The van der Waals surface area contributed by atoms with Crippen molar-refractivity contribution in [1.29, 1.82) is 0 Å². The van der Waals surface area contributed by atoms with Crippen molar-refractivity contribution in [3.63, 3.8) is 0 Å². The minimum Gasteiger partial charge on any atom is -0.334 e. The zero-order valence-corrected chi connectivity index (χ0v) is 46.6. The fraction of sp³-hybridized carbons (Fsp3) is 0.362. The molecular formula is C69H76BN3S. The van der Waals surface area contributed by atoms with Crippen molar-refractivity contribution in [3.8, 4) is 0 Å². The van der Waals surface area contributed by atoms with E-state index in [0.717, 1.165) is 36.3 Å². The van der Waals surface area contributed by atoms with E-state index < -0.39 is 0 Å². The lowest BCUT2D eigenvalue weighted by Gasteiger charge is -2.52. The van der Waals surface area contributed by atoms with Gasteiger partial charge in [-0.1, -0.05) is 186 Å². The maximum atomic E-state index is 8.94. The summed E-state index contributed by atoms with van der Waals surface area (Å²) < 4.78 is 46.0. The van der Waals surface area contributed by atoms with Crippen LogP contribution in [-0.4, -0.2) is 12.8 Å². The quantitative estimate of drug-likeness (QED) is 0.148. The molecule has 0 fully saturated rings. The zero-order valence-electron chi connectivity index (χ0n) is 50.8. The van der Waals surface area contributed by atoms with E-state index in [2.05, 4.69) is 225 Å². The van der Waals surface area contributed by atoms with E-state index in [0.29, 0.717) is 24.3 Å². The standard InChI is InChI=1S/C69H76BN3S/c1-44(2)53-25-19-20-26-58(53)73-59-43-56-55(68(9,10)37-38-69(56,11)12)42-57(59)70-63-60(40-52(41-61(63)73)71(49-23-17-14-18-24-49)50-32-27-46(28-33-50)45-21-15-13-16-22-45)72(51-34-29-47(30-35-51)66(3,4)5)64-54-39-48(67(6,7)8)31-36-62(54)74-65(64)70/h13-27,29,31-36,39,41-44,46-47,60H,28,30,37-38,40H2,1-12H3/i13D,15D,16D,21D,22D. The molecule has 2 aliphatic heterocycles. The number of hydrogen-bond donors (Lipinski definition) is 0. The van der Waals surface area contributed by atoms with Gasteiger partial charge in [0.2, 0.25) is 0 Å². The molecule has 5 aromatic carbocycles. The Bertz CT molecular complexity index is 3680. The molecule has 0 N–H and O–H groups in total. The molecule has 3 nitrogen and oxygen atoms in total. The van der Waals surface area contributed by atoms with Crippen LogP contribution in [0.5, 0.6) is 0 Å². The number of rotatable bonds is 7. The van der Waals surface area contributed by atoms with Crippen LogP contribution in [0.2, 0.25) is 0 Å². The van der Waals surface area contributed by atoms with Crippen molar-refractivity contribution in [3.05, 3.63) is 214 Å². The number of nitrogens with zero attached hydrogens (tertiary/aromatic N) is 3. The van der Waals surface area contributed by atoms with Gasteiger partial charge in [-0.2, -0.15) is 0 Å². The van der Waals surface area contributed by atoms with Crippen LogP contribution >= 0.6 is 11.3 Å². The second-order valence-corrected chi connectivity index (χ2v) is 26.9. The van der Waals surface area contributed by atoms with Gasteiger partial charge >= 0.3 is 0 Å². The summed E-state index contributed by atoms with van der Waals surface area (Å²) in [7, 11) is 0. The smallest absolute Gasteiger partial charge is 0.259 e. The Morgan fingerprint density at radius 1 is 0.770 bits per heavy atom. The summed E-state index contributed by atoms with van der Waals surface area (Å²) in [5, 5.41) is 1.32. The van der Waals surface area contributed by atoms with E-state index in [1.165, 1.54) is 76.5 Å². The Labute approximate surface area is 454 Å². The van der Waals surface area contributed by atoms with E-state index in [-0.39, 0.29) is 76.5 Å². The third kappa shape index (κ3) is 8.14. The number of fused-ring (bicyclic) bond motifs is 7. The molecule has 3 atom stereocenters. The summed E-state index contributed by atoms with van der Waals surface area (Å²) in [6.07, 6.45) is 20.8. The zero-order chi connectivity index (χ0) is 56.0. The van der Waals surface area contributed by atoms with Crippen molar-refractivity contribution in [2.24, 2.45) is 11.3 Å². The van der Waals surface area contributed by atoms with Gasteiger partial charge in [0.05, 0.1) is 18.6 Å². The van der Waals surface area contributed by atoms with Crippen LogP contribution in [-0.2, 0) is 16.2 Å². The number of hydrogen-bond acceptors (Lipinski definition) is 4. The Kier molecular flexibility index (Phi) is 10.4. The van der Waals surface area contributed by atoms with Crippen LogP contribution in [0.1, 0.15) is 162 Å². The average molecular weight is 995 g/mol. The summed E-state index contributed by atoms with van der Waals surface area (Å²) in [5.74, 6) is 0.281. The topological polar surface area (TPSA) is 9.72 Å². The minimum absolute atomic E-state index is 0.000179. The highest BCUT2D eigenvalue weighted by Crippen LogP contribution is 2.54. The highest BCUT2D eigenvalue weighted by molar-refractivity contribution is 7.32. The summed E-state index contributed by atoms with van der Waals surface area (Å²) in [6, 6.07) is 31.1. The van der Waals surface area contributed by atoms with Gasteiger partial charge in [-0.25, -0.2) is 0 Å². The Morgan fingerprint density at radius 3 is 2.15 bits per heavy atom. The van der Waals surface area contributed by atoms with Crippen LogP contribution in [0.4, 0.5) is 22.7 Å². The first-order valence-corrected chi connectivity index (χ1v) is 28.2. The van der Waals surface area contributed by atoms with E-state index in [9.17, 15) is 0 Å². The van der Waals surface area contributed by atoms with Gasteiger partial charge < -0.3 is 14.7 Å². The summed E-state index contributed by atoms with van der Waals surface area (Å²) in [6.45, 7) is 28.6. The van der Waals surface area contributed by atoms with E-state index in [1.807, 2.05) is 11.3 Å². The predicted octanol–water partition coefficient (Wildman–Crippen LogP) is 17.3. The van der Waals surface area contributed by atoms with Crippen LogP contribution in [0.25, 0.3) is 10.1 Å². The molecule has 3 heterocycles. The first-order valence-electron chi connectivity index (χ1n) is 29.9. The second-order valence-electron chi connectivity index (χ2n) is 25.8. The molecule has 376 valence electrons. The van der Waals surface area contributed by atoms with Gasteiger partial charge in [0.15, 0.2) is 0 Å². The molecule has 0 radical (unpaired) electrons. The molecular weight excluding hydrogens is 914 g/mol. The highest BCUT2D eigenvalue weighted by Gasteiger charge is 2.52. The Morgan fingerprint density at radius 2 is 1.49 bits per heavy atom. The van der Waals surface area contributed by atoms with Crippen molar-refractivity contribution < 1.29 is 6.85 Å². The van der Waals surface area contributed by atoms with E-state index in [1.54, 1.807) is 0 Å². The monoisotopic (exact) mass is 995 g/mol. The van der Waals surface area contributed by atoms with E-state index >= 15 is 0 Å². The van der Waals surface area contributed by atoms with Crippen LogP contribution in [0, 0.1) is 11.3 Å². The lowest BCUT2D eigenvalue weighted by molar-refractivity contribution is 0.293. The van der Waals surface area contributed by atoms with Gasteiger partial charge in [0.25, 0.3) is 6.71 Å². The van der Waals surface area contributed by atoms with Gasteiger partial charge in [0, 0.05) is 67.1 Å². The fourth-order valence-corrected chi connectivity index (χ4v) is 14.5. The maximum absolute atomic E-state index is 8.94. The van der Waals surface area contributed by atoms with Gasteiger partial charge in [-0.05, 0) is 153 Å². The average Bonchev–Trinajstić information content (AvgIpc) is 4.04. The minimum atomic E-state index is -0.386. The second kappa shape index (κ2) is 17.8. The predicted molar refractivity (Wildman–Crippen MR) is 321 cm³/mol. The van der Waals surface area contributed by atoms with Gasteiger partial charge in [-0.3, -0.25) is 0 Å². The first-order chi connectivity index (χ1) is 37.4. The third-order valence-electron chi connectivity index (χ3n) is 17.6. The number of anilines is 4. The first kappa shape index (κ1) is 43.2. The molecule has 4 aliphatic carbocycles. The SMILES string of the molecule is [2H]c1c([2H])c([2H])c(C2C=CC(N(C3=CC4=C5B(c6cc7c(cc6N4c4ccccc4C(C)C)C(C)(C)CCC7(C)C)c4sc6ccc(C(C)(C)C)cc6c4N(C4=CCC(C(C)(C)C)C=C4)C5C3)c3ccccc3)=CC2)c([2H])c1[2H]. The van der Waals surface area contributed by atoms with Crippen molar-refractivity contribution >= 4 is 61.1 Å². The van der Waals surface area contributed by atoms with Crippen LogP contribution < -0.4 is 24.9 Å². The lowest BCUT2D eigenvalue weighted by Crippen LogP contribution is -2.62. The molecule has 0 saturated carbocycles. The third-order valence-corrected chi connectivity index (χ3v) is 18.9. The van der Waals surface area contributed by atoms with Gasteiger partial charge in [-0.15, -0.1) is 11.3 Å². The van der Waals surface area contributed by atoms with Gasteiger partial charge in [0.1, 0.15) is 0 Å². The molecule has 3 unspecified atom stereocenters. The molecule has 74 heavy (non-hydrogen) atoms. The van der Waals surface area contributed by atoms with Crippen molar-refractivity contribution in [2.45, 2.75) is 149 Å². The molecule has 12 rings (SSSR count). The number of para-hydroxylation sites is 2. The van der Waals surface area contributed by atoms with Crippen molar-refractivity contribution in [1.82, 2.24) is 0 Å². The molecule has 6 aromatic rings. The number of allylic oxidation sites excluding steroid dienone is 7. The maximum Gasteiger partial charge on any atom is 0.259 e. The van der Waals surface area contributed by atoms with E-state index in [4.69, 9.17) is 6.85 Å². The molecule has 0 spiro atoms. The summed E-state index contributed by atoms with van der Waals surface area (Å²) in [4.78, 5) is 7.91. The molecule has 1 aromatic heterocycles. The molecule has 0 amide bonds. The molecule has 5 heteroatoms. The highest BCUT2D eigenvalue weighted by atomic mass is 32.1. The van der Waals surface area contributed by atoms with Crippen LogP contribution in [0.3, 0.4) is 0 Å². The molecule has 0 bridgehead atoms. The number of thiophene rings is 1. The van der Waals surface area contributed by atoms with Crippen LogP contribution in [0.15, 0.2) is 186 Å². The van der Waals surface area contributed by atoms with Crippen molar-refractivity contribution in [2.75, 3.05) is 14.7 Å². The lowest BCUT2D eigenvalue weighted by atomic mass is 9.33. The Balaban J connectivity index is 1.16. The number of benzene rings is 5. The molecule has 6 aliphatic rings. The Hall–Kier alpha value is -6.04. The summed E-state index contributed by atoms with van der Waals surface area (Å²) >= 11 is 2.00. The molecule has 0 saturated heterocycles. The normalized spacial score (nSPS) is 22.7.